The first-order valence-electron chi connectivity index (χ1n) is 9.78. The molecule has 0 saturated heterocycles. The molecule has 0 spiro atoms. The molecule has 0 bridgehead atoms. The second kappa shape index (κ2) is 12.4. The number of carbonyl (C=O) groups excluding carboxylic acids is 1. The molecule has 0 aliphatic heterocycles. The van der Waals surface area contributed by atoms with Crippen molar-refractivity contribution in [2.75, 3.05) is 70.8 Å². The first kappa shape index (κ1) is 23.1. The second-order valence-electron chi connectivity index (χ2n) is 7.36. The van der Waals surface area contributed by atoms with Crippen molar-refractivity contribution >= 4 is 44.3 Å². The third-order valence-corrected chi connectivity index (χ3v) is 7.13. The molecular formula is C22H33N3OS2. The molecule has 154 valence electrons. The van der Waals surface area contributed by atoms with Crippen LogP contribution in [0.1, 0.15) is 16.8 Å². The van der Waals surface area contributed by atoms with E-state index in [1.54, 1.807) is 0 Å². The highest BCUT2D eigenvalue weighted by Gasteiger charge is 2.09. The van der Waals surface area contributed by atoms with Crippen LogP contribution in [0.3, 0.4) is 0 Å². The van der Waals surface area contributed by atoms with Crippen molar-refractivity contribution in [2.45, 2.75) is 6.42 Å². The van der Waals surface area contributed by atoms with Crippen LogP contribution in [0.15, 0.2) is 36.4 Å². The molecule has 0 atom stereocenters. The second-order valence-corrected chi connectivity index (χ2v) is 10.1. The molecule has 2 aromatic rings. The predicted octanol–water partition coefficient (Wildman–Crippen LogP) is 4.35. The Morgan fingerprint density at radius 2 is 1.50 bits per heavy atom. The van der Waals surface area contributed by atoms with Gasteiger partial charge in [-0.05, 0) is 51.6 Å². The molecule has 0 heterocycles. The van der Waals surface area contributed by atoms with E-state index in [0.717, 1.165) is 55.2 Å². The predicted molar refractivity (Wildman–Crippen MR) is 128 cm³/mol. The lowest BCUT2D eigenvalue weighted by Gasteiger charge is -2.23. The van der Waals surface area contributed by atoms with Crippen molar-refractivity contribution in [1.82, 2.24) is 9.80 Å². The van der Waals surface area contributed by atoms with E-state index in [1.807, 2.05) is 45.9 Å². The average molecular weight is 420 g/mol. The topological polar surface area (TPSA) is 26.8 Å². The zero-order valence-electron chi connectivity index (χ0n) is 17.6. The SMILES string of the molecule is CN(C)CCSSCCN(C)CCCN(C)c1ccc(C=O)c2ccccc12. The third kappa shape index (κ3) is 7.32. The van der Waals surface area contributed by atoms with Gasteiger partial charge >= 0.3 is 0 Å². The van der Waals surface area contributed by atoms with Crippen LogP contribution in [0.4, 0.5) is 5.69 Å². The van der Waals surface area contributed by atoms with Gasteiger partial charge in [-0.1, -0.05) is 45.9 Å². The molecule has 0 aliphatic carbocycles. The summed E-state index contributed by atoms with van der Waals surface area (Å²) in [6, 6.07) is 12.2. The number of carbonyl (C=O) groups is 1. The summed E-state index contributed by atoms with van der Waals surface area (Å²) in [6.07, 6.45) is 2.06. The van der Waals surface area contributed by atoms with Gasteiger partial charge in [0.05, 0.1) is 0 Å². The van der Waals surface area contributed by atoms with Gasteiger partial charge in [-0.15, -0.1) is 0 Å². The van der Waals surface area contributed by atoms with E-state index in [2.05, 4.69) is 55.0 Å². The van der Waals surface area contributed by atoms with Gasteiger partial charge in [-0.25, -0.2) is 0 Å². The summed E-state index contributed by atoms with van der Waals surface area (Å²) < 4.78 is 0. The molecule has 0 unspecified atom stereocenters. The van der Waals surface area contributed by atoms with Crippen LogP contribution in [0.25, 0.3) is 10.8 Å². The Kier molecular flexibility index (Phi) is 10.2. The Morgan fingerprint density at radius 1 is 0.821 bits per heavy atom. The third-order valence-electron chi connectivity index (χ3n) is 4.77. The summed E-state index contributed by atoms with van der Waals surface area (Å²) >= 11 is 0. The summed E-state index contributed by atoms with van der Waals surface area (Å²) in [5.41, 5.74) is 1.95. The summed E-state index contributed by atoms with van der Waals surface area (Å²) in [4.78, 5) is 18.2. The highest BCUT2D eigenvalue weighted by atomic mass is 33.1. The molecular weight excluding hydrogens is 386 g/mol. The van der Waals surface area contributed by atoms with Gasteiger partial charge in [0.15, 0.2) is 6.29 Å². The van der Waals surface area contributed by atoms with Crippen molar-refractivity contribution in [1.29, 1.82) is 0 Å². The maximum absolute atomic E-state index is 11.3. The average Bonchev–Trinajstić information content (AvgIpc) is 2.69. The van der Waals surface area contributed by atoms with E-state index in [4.69, 9.17) is 0 Å². The van der Waals surface area contributed by atoms with Gasteiger partial charge in [0.2, 0.25) is 0 Å². The number of aldehydes is 1. The van der Waals surface area contributed by atoms with Crippen LogP contribution in [-0.4, -0.2) is 82.0 Å². The Bertz CT molecular complexity index is 739. The van der Waals surface area contributed by atoms with Crippen molar-refractivity contribution in [3.8, 4) is 0 Å². The fourth-order valence-corrected chi connectivity index (χ4v) is 5.30. The van der Waals surface area contributed by atoms with Crippen LogP contribution in [0.5, 0.6) is 0 Å². The maximum Gasteiger partial charge on any atom is 0.150 e. The van der Waals surface area contributed by atoms with E-state index in [1.165, 1.54) is 17.2 Å². The summed E-state index contributed by atoms with van der Waals surface area (Å²) in [7, 11) is 12.5. The minimum absolute atomic E-state index is 0.758. The van der Waals surface area contributed by atoms with E-state index < -0.39 is 0 Å². The molecule has 0 N–H and O–H groups in total. The molecule has 28 heavy (non-hydrogen) atoms. The first-order chi connectivity index (χ1) is 13.5. The lowest BCUT2D eigenvalue weighted by molar-refractivity contribution is 0.112. The number of nitrogens with zero attached hydrogens (tertiary/aromatic N) is 3. The zero-order valence-corrected chi connectivity index (χ0v) is 19.2. The Hall–Kier alpha value is -1.21. The number of rotatable bonds is 13. The van der Waals surface area contributed by atoms with E-state index in [-0.39, 0.29) is 0 Å². The van der Waals surface area contributed by atoms with Crippen LogP contribution in [-0.2, 0) is 0 Å². The van der Waals surface area contributed by atoms with Gasteiger partial charge in [0.1, 0.15) is 0 Å². The van der Waals surface area contributed by atoms with Gasteiger partial charge in [0, 0.05) is 54.8 Å². The Balaban J connectivity index is 1.75. The van der Waals surface area contributed by atoms with Crippen LogP contribution < -0.4 is 4.90 Å². The number of hydrogen-bond donors (Lipinski definition) is 0. The standard InChI is InChI=1S/C22H33N3OS2/c1-23(2)14-16-27-28-17-15-24(3)12-7-13-25(4)22-11-10-19(18-26)20-8-5-6-9-21(20)22/h5-6,8-11,18H,7,12-17H2,1-4H3. The summed E-state index contributed by atoms with van der Waals surface area (Å²) in [5.74, 6) is 2.35. The van der Waals surface area contributed by atoms with Gasteiger partial charge in [0.25, 0.3) is 0 Å². The van der Waals surface area contributed by atoms with Crippen LogP contribution in [0, 0.1) is 0 Å². The molecule has 0 radical (unpaired) electrons. The highest BCUT2D eigenvalue weighted by molar-refractivity contribution is 8.76. The molecule has 2 rings (SSSR count). The molecule has 2 aromatic carbocycles. The number of hydrogen-bond acceptors (Lipinski definition) is 6. The first-order valence-corrected chi connectivity index (χ1v) is 12.3. The lowest BCUT2D eigenvalue weighted by Crippen LogP contribution is -2.27. The Morgan fingerprint density at radius 3 is 2.18 bits per heavy atom. The number of anilines is 1. The highest BCUT2D eigenvalue weighted by Crippen LogP contribution is 2.28. The molecule has 0 amide bonds. The molecule has 0 fully saturated rings. The van der Waals surface area contributed by atoms with Crippen molar-refractivity contribution in [2.24, 2.45) is 0 Å². The number of benzene rings is 2. The molecule has 6 heteroatoms. The maximum atomic E-state index is 11.3. The van der Waals surface area contributed by atoms with Crippen LogP contribution >= 0.6 is 21.6 Å². The zero-order chi connectivity index (χ0) is 20.4. The smallest absolute Gasteiger partial charge is 0.150 e. The van der Waals surface area contributed by atoms with Gasteiger partial charge < -0.3 is 14.7 Å². The molecule has 0 aromatic heterocycles. The van der Waals surface area contributed by atoms with Crippen molar-refractivity contribution in [3.05, 3.63) is 42.0 Å². The lowest BCUT2D eigenvalue weighted by atomic mass is 10.0. The molecule has 0 saturated carbocycles. The fourth-order valence-electron chi connectivity index (χ4n) is 3.08. The normalized spacial score (nSPS) is 11.5. The van der Waals surface area contributed by atoms with E-state index in [0.29, 0.717) is 0 Å². The minimum atomic E-state index is 0.758. The number of fused-ring (bicyclic) bond motifs is 1. The molecule has 0 aliphatic rings. The van der Waals surface area contributed by atoms with Gasteiger partial charge in [-0.3, -0.25) is 4.79 Å². The van der Waals surface area contributed by atoms with E-state index >= 15 is 0 Å². The molecule has 4 nitrogen and oxygen atoms in total. The van der Waals surface area contributed by atoms with Crippen molar-refractivity contribution in [3.63, 3.8) is 0 Å². The summed E-state index contributed by atoms with van der Waals surface area (Å²) in [6.45, 7) is 4.36. The van der Waals surface area contributed by atoms with Gasteiger partial charge in [-0.2, -0.15) is 0 Å². The van der Waals surface area contributed by atoms with E-state index in [9.17, 15) is 4.79 Å². The fraction of sp³-hybridized carbons (Fsp3) is 0.500. The summed E-state index contributed by atoms with van der Waals surface area (Å²) in [5, 5.41) is 2.18. The largest absolute Gasteiger partial charge is 0.374 e. The minimum Gasteiger partial charge on any atom is -0.374 e. The van der Waals surface area contributed by atoms with Crippen molar-refractivity contribution < 1.29 is 4.79 Å². The Labute approximate surface area is 178 Å². The monoisotopic (exact) mass is 419 g/mol. The van der Waals surface area contributed by atoms with Crippen LogP contribution in [0.2, 0.25) is 0 Å². The quantitative estimate of drug-likeness (QED) is 0.272.